The Morgan fingerprint density at radius 2 is 1.83 bits per heavy atom. The first-order chi connectivity index (χ1) is 8.30. The summed E-state index contributed by atoms with van der Waals surface area (Å²) in [5, 5.41) is 2.78. The number of para-hydroxylation sites is 1. The van der Waals surface area contributed by atoms with E-state index in [4.69, 9.17) is 5.73 Å². The van der Waals surface area contributed by atoms with E-state index in [1.807, 2.05) is 13.8 Å². The van der Waals surface area contributed by atoms with Crippen LogP contribution in [-0.2, 0) is 6.18 Å². The molecule has 0 fully saturated rings. The SMILES string of the molecule is CC(C)CC(N)CNc1ccccc1C(F)(F)F. The third-order valence-electron chi connectivity index (χ3n) is 2.56. The van der Waals surface area contributed by atoms with Crippen molar-refractivity contribution in [1.29, 1.82) is 0 Å². The average molecular weight is 260 g/mol. The molecule has 0 aliphatic rings. The molecule has 2 nitrogen and oxygen atoms in total. The number of benzene rings is 1. The van der Waals surface area contributed by atoms with Crippen LogP contribution in [0.5, 0.6) is 0 Å². The van der Waals surface area contributed by atoms with Crippen molar-refractivity contribution in [3.05, 3.63) is 29.8 Å². The second kappa shape index (κ2) is 6.09. The number of halogens is 3. The molecule has 1 aromatic carbocycles. The minimum absolute atomic E-state index is 0.0872. The second-order valence-corrected chi connectivity index (χ2v) is 4.81. The summed E-state index contributed by atoms with van der Waals surface area (Å²) in [6.45, 7) is 4.40. The predicted octanol–water partition coefficient (Wildman–Crippen LogP) is 3.49. The summed E-state index contributed by atoms with van der Waals surface area (Å²) in [5.74, 6) is 0.430. The molecule has 18 heavy (non-hydrogen) atoms. The summed E-state index contributed by atoms with van der Waals surface area (Å²) in [4.78, 5) is 0. The topological polar surface area (TPSA) is 38.0 Å². The van der Waals surface area contributed by atoms with Gasteiger partial charge in [-0.3, -0.25) is 0 Å². The van der Waals surface area contributed by atoms with Gasteiger partial charge in [-0.1, -0.05) is 26.0 Å². The molecule has 0 bridgehead atoms. The standard InChI is InChI=1S/C13H19F3N2/c1-9(2)7-10(17)8-18-12-6-4-3-5-11(12)13(14,15)16/h3-6,9-10,18H,7-8,17H2,1-2H3. The maximum absolute atomic E-state index is 12.7. The molecule has 0 saturated heterocycles. The smallest absolute Gasteiger partial charge is 0.383 e. The van der Waals surface area contributed by atoms with Crippen molar-refractivity contribution in [2.45, 2.75) is 32.5 Å². The zero-order valence-electron chi connectivity index (χ0n) is 10.6. The van der Waals surface area contributed by atoms with Crippen molar-refractivity contribution < 1.29 is 13.2 Å². The molecular weight excluding hydrogens is 241 g/mol. The van der Waals surface area contributed by atoms with Gasteiger partial charge in [0.2, 0.25) is 0 Å². The van der Waals surface area contributed by atoms with E-state index >= 15 is 0 Å². The van der Waals surface area contributed by atoms with Gasteiger partial charge >= 0.3 is 6.18 Å². The highest BCUT2D eigenvalue weighted by Gasteiger charge is 2.33. The Labute approximate surface area is 105 Å². The van der Waals surface area contributed by atoms with Crippen molar-refractivity contribution in [3.8, 4) is 0 Å². The van der Waals surface area contributed by atoms with E-state index in [9.17, 15) is 13.2 Å². The molecule has 1 unspecified atom stereocenters. The van der Waals surface area contributed by atoms with Crippen molar-refractivity contribution in [2.24, 2.45) is 11.7 Å². The van der Waals surface area contributed by atoms with Gasteiger partial charge in [-0.2, -0.15) is 13.2 Å². The summed E-state index contributed by atoms with van der Waals surface area (Å²) in [7, 11) is 0. The van der Waals surface area contributed by atoms with Gasteiger partial charge < -0.3 is 11.1 Å². The van der Waals surface area contributed by atoms with E-state index in [1.54, 1.807) is 6.07 Å². The number of anilines is 1. The van der Waals surface area contributed by atoms with E-state index in [0.29, 0.717) is 12.5 Å². The molecule has 0 saturated carbocycles. The van der Waals surface area contributed by atoms with Gasteiger partial charge in [-0.25, -0.2) is 0 Å². The van der Waals surface area contributed by atoms with Crippen molar-refractivity contribution >= 4 is 5.69 Å². The molecule has 3 N–H and O–H groups in total. The van der Waals surface area contributed by atoms with E-state index in [2.05, 4.69) is 5.32 Å². The Balaban J connectivity index is 2.68. The number of hydrogen-bond donors (Lipinski definition) is 2. The van der Waals surface area contributed by atoms with E-state index in [0.717, 1.165) is 12.5 Å². The van der Waals surface area contributed by atoms with Crippen LogP contribution in [0.4, 0.5) is 18.9 Å². The molecule has 102 valence electrons. The van der Waals surface area contributed by atoms with Crippen LogP contribution in [0.2, 0.25) is 0 Å². The van der Waals surface area contributed by atoms with E-state index in [1.165, 1.54) is 12.1 Å². The van der Waals surface area contributed by atoms with Crippen LogP contribution in [0, 0.1) is 5.92 Å². The minimum Gasteiger partial charge on any atom is -0.383 e. The Morgan fingerprint density at radius 3 is 2.39 bits per heavy atom. The molecule has 0 amide bonds. The maximum atomic E-state index is 12.7. The molecule has 5 heteroatoms. The molecule has 0 heterocycles. The fourth-order valence-corrected chi connectivity index (χ4v) is 1.81. The lowest BCUT2D eigenvalue weighted by Gasteiger charge is -2.18. The summed E-state index contributed by atoms with van der Waals surface area (Å²) >= 11 is 0. The Hall–Kier alpha value is -1.23. The van der Waals surface area contributed by atoms with Crippen molar-refractivity contribution in [2.75, 3.05) is 11.9 Å². The van der Waals surface area contributed by atoms with Crippen molar-refractivity contribution in [3.63, 3.8) is 0 Å². The molecule has 1 rings (SSSR count). The van der Waals surface area contributed by atoms with Crippen LogP contribution in [-0.4, -0.2) is 12.6 Å². The molecule has 0 aromatic heterocycles. The molecule has 1 atom stereocenters. The summed E-state index contributed by atoms with van der Waals surface area (Å²) in [6.07, 6.45) is -3.56. The number of nitrogens with one attached hydrogen (secondary N) is 1. The molecule has 0 radical (unpaired) electrons. The zero-order chi connectivity index (χ0) is 13.8. The lowest BCUT2D eigenvalue weighted by atomic mass is 10.0. The van der Waals surface area contributed by atoms with Gasteiger partial charge in [0, 0.05) is 18.3 Å². The van der Waals surface area contributed by atoms with Crippen LogP contribution in [0.25, 0.3) is 0 Å². The summed E-state index contributed by atoms with van der Waals surface area (Å²) in [5.41, 5.74) is 5.27. The van der Waals surface area contributed by atoms with Gasteiger partial charge in [0.05, 0.1) is 5.56 Å². The second-order valence-electron chi connectivity index (χ2n) is 4.81. The Morgan fingerprint density at radius 1 is 1.22 bits per heavy atom. The largest absolute Gasteiger partial charge is 0.418 e. The number of rotatable bonds is 5. The van der Waals surface area contributed by atoms with Crippen LogP contribution in [0.1, 0.15) is 25.8 Å². The third kappa shape index (κ3) is 4.56. The highest BCUT2D eigenvalue weighted by atomic mass is 19.4. The molecule has 1 aromatic rings. The maximum Gasteiger partial charge on any atom is 0.418 e. The normalized spacial score (nSPS) is 13.7. The molecule has 0 aliphatic heterocycles. The zero-order valence-corrected chi connectivity index (χ0v) is 10.6. The summed E-state index contributed by atoms with van der Waals surface area (Å²) < 4.78 is 38.1. The number of hydrogen-bond acceptors (Lipinski definition) is 2. The van der Waals surface area contributed by atoms with E-state index < -0.39 is 11.7 Å². The van der Waals surface area contributed by atoms with Crippen LogP contribution in [0.3, 0.4) is 0 Å². The first kappa shape index (κ1) is 14.8. The Kier molecular flexibility index (Phi) is 5.02. The van der Waals surface area contributed by atoms with Crippen LogP contribution < -0.4 is 11.1 Å². The molecular formula is C13H19F3N2. The van der Waals surface area contributed by atoms with E-state index in [-0.39, 0.29) is 11.7 Å². The van der Waals surface area contributed by atoms with Gasteiger partial charge in [-0.05, 0) is 24.5 Å². The first-order valence-corrected chi connectivity index (χ1v) is 5.96. The monoisotopic (exact) mass is 260 g/mol. The third-order valence-corrected chi connectivity index (χ3v) is 2.56. The van der Waals surface area contributed by atoms with Gasteiger partial charge in [0.25, 0.3) is 0 Å². The lowest BCUT2D eigenvalue weighted by Crippen LogP contribution is -2.31. The van der Waals surface area contributed by atoms with Crippen LogP contribution >= 0.6 is 0 Å². The minimum atomic E-state index is -4.34. The summed E-state index contributed by atoms with van der Waals surface area (Å²) in [6, 6.07) is 5.29. The quantitative estimate of drug-likeness (QED) is 0.850. The highest BCUT2D eigenvalue weighted by molar-refractivity contribution is 5.52. The Bertz CT molecular complexity index is 375. The fourth-order valence-electron chi connectivity index (χ4n) is 1.81. The van der Waals surface area contributed by atoms with Crippen LogP contribution in [0.15, 0.2) is 24.3 Å². The number of nitrogens with two attached hydrogens (primary N) is 1. The fraction of sp³-hybridized carbons (Fsp3) is 0.538. The van der Waals surface area contributed by atoms with Gasteiger partial charge in [-0.15, -0.1) is 0 Å². The molecule has 0 aliphatic carbocycles. The van der Waals surface area contributed by atoms with Crippen molar-refractivity contribution in [1.82, 2.24) is 0 Å². The predicted molar refractivity (Wildman–Crippen MR) is 67.4 cm³/mol. The molecule has 0 spiro atoms. The van der Waals surface area contributed by atoms with Gasteiger partial charge in [0.15, 0.2) is 0 Å². The lowest BCUT2D eigenvalue weighted by molar-refractivity contribution is -0.136. The highest BCUT2D eigenvalue weighted by Crippen LogP contribution is 2.34. The van der Waals surface area contributed by atoms with Gasteiger partial charge in [0.1, 0.15) is 0 Å². The average Bonchev–Trinajstić information content (AvgIpc) is 2.24. The number of alkyl halides is 3. The first-order valence-electron chi connectivity index (χ1n) is 5.96.